The summed E-state index contributed by atoms with van der Waals surface area (Å²) in [6.07, 6.45) is 0. The molecule has 1 amide bonds. The number of ether oxygens (including phenoxy) is 1. The van der Waals surface area contributed by atoms with Gasteiger partial charge < -0.3 is 10.1 Å². The van der Waals surface area contributed by atoms with Gasteiger partial charge >= 0.3 is 5.97 Å². The maximum absolute atomic E-state index is 12.4. The quantitative estimate of drug-likeness (QED) is 0.320. The Hall–Kier alpha value is -4.66. The van der Waals surface area contributed by atoms with Crippen LogP contribution in [-0.4, -0.2) is 44.5 Å². The first-order valence-corrected chi connectivity index (χ1v) is 10.5. The lowest BCUT2D eigenvalue weighted by Crippen LogP contribution is -2.20. The molecule has 1 heterocycles. The fourth-order valence-electron chi connectivity index (χ4n) is 3.05. The van der Waals surface area contributed by atoms with Gasteiger partial charge in [-0.25, -0.2) is 4.79 Å². The summed E-state index contributed by atoms with van der Waals surface area (Å²) in [6, 6.07) is 22.7. The highest BCUT2D eigenvalue weighted by atomic mass is 16.5. The molecule has 3 aromatic carbocycles. The third-order valence-corrected chi connectivity index (χ3v) is 4.90. The van der Waals surface area contributed by atoms with Gasteiger partial charge in [-0.3, -0.25) is 9.59 Å². The molecule has 0 radical (unpaired) electrons. The van der Waals surface area contributed by atoms with E-state index in [2.05, 4.69) is 20.7 Å². The SMILES string of the molecule is Cc1ccc(-c2nnn(CC(=O)OCC(=O)c3ccc(NC(=O)c4ccccc4)cc3)n2)cc1. The lowest BCUT2D eigenvalue weighted by molar-refractivity contribution is -0.143. The Labute approximate surface area is 195 Å². The van der Waals surface area contributed by atoms with Crippen molar-refractivity contribution in [2.45, 2.75) is 13.5 Å². The molecule has 1 N–H and O–H groups in total. The molecule has 0 atom stereocenters. The monoisotopic (exact) mass is 455 g/mol. The smallest absolute Gasteiger partial charge is 0.330 e. The van der Waals surface area contributed by atoms with E-state index >= 15 is 0 Å². The summed E-state index contributed by atoms with van der Waals surface area (Å²) in [7, 11) is 0. The standard InChI is InChI=1S/C25H21N5O4/c1-17-7-9-19(10-8-17)24-27-29-30(28-24)15-23(32)34-16-22(31)18-11-13-21(14-12-18)26-25(33)20-5-3-2-4-6-20/h2-14H,15-16H2,1H3,(H,26,33). The van der Waals surface area contributed by atoms with Crippen LogP contribution in [0.4, 0.5) is 5.69 Å². The predicted molar refractivity (Wildman–Crippen MR) is 124 cm³/mol. The number of esters is 1. The second kappa shape index (κ2) is 10.3. The van der Waals surface area contributed by atoms with Crippen molar-refractivity contribution >= 4 is 23.3 Å². The van der Waals surface area contributed by atoms with E-state index in [-0.39, 0.29) is 18.2 Å². The van der Waals surface area contributed by atoms with Gasteiger partial charge in [-0.15, -0.1) is 10.2 Å². The molecule has 0 saturated heterocycles. The number of benzene rings is 3. The van der Waals surface area contributed by atoms with Crippen LogP contribution in [-0.2, 0) is 16.1 Å². The lowest BCUT2D eigenvalue weighted by Gasteiger charge is -2.07. The first-order valence-electron chi connectivity index (χ1n) is 10.5. The molecule has 0 unspecified atom stereocenters. The van der Waals surface area contributed by atoms with Crippen LogP contribution in [0.2, 0.25) is 0 Å². The van der Waals surface area contributed by atoms with E-state index in [4.69, 9.17) is 4.74 Å². The highest BCUT2D eigenvalue weighted by Gasteiger charge is 2.14. The van der Waals surface area contributed by atoms with Gasteiger partial charge in [0.25, 0.3) is 5.91 Å². The molecule has 0 bridgehead atoms. The van der Waals surface area contributed by atoms with Gasteiger partial charge in [0.1, 0.15) is 0 Å². The van der Waals surface area contributed by atoms with Gasteiger partial charge in [-0.2, -0.15) is 4.80 Å². The number of nitrogens with zero attached hydrogens (tertiary/aromatic N) is 4. The second-order valence-corrected chi connectivity index (χ2v) is 7.49. The number of carbonyl (C=O) groups is 3. The minimum atomic E-state index is -0.659. The number of Topliss-reactive ketones (excluding diaryl/α,β-unsaturated/α-hetero) is 1. The average molecular weight is 455 g/mol. The highest BCUT2D eigenvalue weighted by Crippen LogP contribution is 2.14. The molecular formula is C25H21N5O4. The van der Waals surface area contributed by atoms with E-state index in [1.807, 2.05) is 37.3 Å². The molecule has 0 aliphatic carbocycles. The minimum absolute atomic E-state index is 0.249. The van der Waals surface area contributed by atoms with Crippen LogP contribution in [0.3, 0.4) is 0 Å². The molecule has 0 fully saturated rings. The Morgan fingerprint density at radius 3 is 2.29 bits per heavy atom. The Morgan fingerprint density at radius 1 is 0.882 bits per heavy atom. The first-order chi connectivity index (χ1) is 16.5. The topological polar surface area (TPSA) is 116 Å². The number of anilines is 1. The molecule has 0 aliphatic rings. The van der Waals surface area contributed by atoms with E-state index in [0.29, 0.717) is 22.6 Å². The number of amides is 1. The van der Waals surface area contributed by atoms with E-state index in [0.717, 1.165) is 15.9 Å². The summed E-state index contributed by atoms with van der Waals surface area (Å²) in [5, 5.41) is 14.7. The summed E-state index contributed by atoms with van der Waals surface area (Å²) >= 11 is 0. The molecule has 1 aromatic heterocycles. The normalized spacial score (nSPS) is 10.5. The summed E-state index contributed by atoms with van der Waals surface area (Å²) in [6.45, 7) is 1.29. The zero-order chi connectivity index (χ0) is 23.9. The first kappa shape index (κ1) is 22.5. The van der Waals surface area contributed by atoms with Crippen molar-refractivity contribution < 1.29 is 19.1 Å². The van der Waals surface area contributed by atoms with Crippen LogP contribution in [0.15, 0.2) is 78.9 Å². The van der Waals surface area contributed by atoms with Gasteiger partial charge in [0, 0.05) is 22.4 Å². The van der Waals surface area contributed by atoms with Gasteiger partial charge in [0.2, 0.25) is 5.82 Å². The van der Waals surface area contributed by atoms with Crippen molar-refractivity contribution in [3.63, 3.8) is 0 Å². The van der Waals surface area contributed by atoms with Crippen molar-refractivity contribution in [2.24, 2.45) is 0 Å². The fourth-order valence-corrected chi connectivity index (χ4v) is 3.05. The maximum Gasteiger partial charge on any atom is 0.330 e. The summed E-state index contributed by atoms with van der Waals surface area (Å²) in [5.74, 6) is -0.890. The predicted octanol–water partition coefficient (Wildman–Crippen LogP) is 3.33. The van der Waals surface area contributed by atoms with Crippen LogP contribution >= 0.6 is 0 Å². The van der Waals surface area contributed by atoms with E-state index in [9.17, 15) is 14.4 Å². The summed E-state index contributed by atoms with van der Waals surface area (Å²) in [5.41, 5.74) is 3.32. The third-order valence-electron chi connectivity index (χ3n) is 4.90. The Bertz CT molecular complexity index is 1300. The second-order valence-electron chi connectivity index (χ2n) is 7.49. The van der Waals surface area contributed by atoms with E-state index < -0.39 is 12.6 Å². The van der Waals surface area contributed by atoms with Gasteiger partial charge in [-0.05, 0) is 48.5 Å². The molecule has 4 rings (SSSR count). The van der Waals surface area contributed by atoms with Crippen LogP contribution in [0.25, 0.3) is 11.4 Å². The van der Waals surface area contributed by atoms with Crippen molar-refractivity contribution in [1.82, 2.24) is 20.2 Å². The number of nitrogens with one attached hydrogen (secondary N) is 1. The van der Waals surface area contributed by atoms with Crippen molar-refractivity contribution in [3.8, 4) is 11.4 Å². The minimum Gasteiger partial charge on any atom is -0.456 e. The summed E-state index contributed by atoms with van der Waals surface area (Å²) < 4.78 is 5.06. The maximum atomic E-state index is 12.4. The number of hydrogen-bond donors (Lipinski definition) is 1. The van der Waals surface area contributed by atoms with Crippen molar-refractivity contribution in [2.75, 3.05) is 11.9 Å². The van der Waals surface area contributed by atoms with E-state index in [1.165, 1.54) is 0 Å². The number of tetrazole rings is 1. The number of aryl methyl sites for hydroxylation is 1. The molecule has 0 saturated carbocycles. The number of aromatic nitrogens is 4. The number of rotatable bonds is 8. The third kappa shape index (κ3) is 5.77. The Kier molecular flexibility index (Phi) is 6.83. The highest BCUT2D eigenvalue weighted by molar-refractivity contribution is 6.04. The summed E-state index contributed by atoms with van der Waals surface area (Å²) in [4.78, 5) is 37.8. The lowest BCUT2D eigenvalue weighted by atomic mass is 10.1. The van der Waals surface area contributed by atoms with Gasteiger partial charge in [-0.1, -0.05) is 48.0 Å². The zero-order valence-corrected chi connectivity index (χ0v) is 18.3. The Morgan fingerprint density at radius 2 is 1.59 bits per heavy atom. The zero-order valence-electron chi connectivity index (χ0n) is 18.3. The van der Waals surface area contributed by atoms with Gasteiger partial charge in [0.05, 0.1) is 0 Å². The van der Waals surface area contributed by atoms with E-state index in [1.54, 1.807) is 48.5 Å². The molecule has 9 heteroatoms. The molecule has 170 valence electrons. The largest absolute Gasteiger partial charge is 0.456 e. The van der Waals surface area contributed by atoms with Crippen LogP contribution in [0.5, 0.6) is 0 Å². The molecule has 0 spiro atoms. The van der Waals surface area contributed by atoms with Crippen molar-refractivity contribution in [1.29, 1.82) is 0 Å². The van der Waals surface area contributed by atoms with Crippen molar-refractivity contribution in [3.05, 3.63) is 95.6 Å². The van der Waals surface area contributed by atoms with Gasteiger partial charge in [0.15, 0.2) is 18.9 Å². The van der Waals surface area contributed by atoms with Crippen LogP contribution < -0.4 is 5.32 Å². The number of ketones is 1. The van der Waals surface area contributed by atoms with Crippen LogP contribution in [0.1, 0.15) is 26.3 Å². The number of hydrogen-bond acceptors (Lipinski definition) is 7. The average Bonchev–Trinajstić information content (AvgIpc) is 3.32. The molecular weight excluding hydrogens is 434 g/mol. The fraction of sp³-hybridized carbons (Fsp3) is 0.120. The number of carbonyl (C=O) groups excluding carboxylic acids is 3. The molecule has 0 aliphatic heterocycles. The van der Waals surface area contributed by atoms with Crippen LogP contribution in [0, 0.1) is 6.92 Å². The molecule has 34 heavy (non-hydrogen) atoms. The molecule has 9 nitrogen and oxygen atoms in total. The molecule has 4 aromatic rings. The Balaban J connectivity index is 1.27.